The average Bonchev–Trinajstić information content (AvgIpc) is 3.10. The molecule has 166 valence electrons. The van der Waals surface area contributed by atoms with Crippen LogP contribution in [0.4, 0.5) is 5.69 Å². The van der Waals surface area contributed by atoms with Crippen LogP contribution < -0.4 is 9.64 Å². The van der Waals surface area contributed by atoms with Gasteiger partial charge in [-0.3, -0.25) is 14.5 Å². The fourth-order valence-corrected chi connectivity index (χ4v) is 5.10. The van der Waals surface area contributed by atoms with Gasteiger partial charge < -0.3 is 14.5 Å². The van der Waals surface area contributed by atoms with E-state index in [4.69, 9.17) is 17.0 Å². The Morgan fingerprint density at radius 2 is 1.84 bits per heavy atom. The molecular formula is C24H25N3O3S2. The van der Waals surface area contributed by atoms with E-state index in [0.29, 0.717) is 28.9 Å². The van der Waals surface area contributed by atoms with Crippen molar-refractivity contribution in [1.82, 2.24) is 9.80 Å². The molecule has 6 nitrogen and oxygen atoms in total. The van der Waals surface area contributed by atoms with Gasteiger partial charge in [0.05, 0.1) is 12.0 Å². The average molecular weight is 468 g/mol. The minimum atomic E-state index is -0.149. The maximum atomic E-state index is 12.8. The molecule has 2 aliphatic rings. The first-order chi connectivity index (χ1) is 15.5. The summed E-state index contributed by atoms with van der Waals surface area (Å²) in [7, 11) is 1.61. The Labute approximate surface area is 197 Å². The van der Waals surface area contributed by atoms with Crippen molar-refractivity contribution in [1.29, 1.82) is 0 Å². The number of para-hydroxylation sites is 1. The number of anilines is 1. The van der Waals surface area contributed by atoms with Crippen molar-refractivity contribution in [3.63, 3.8) is 0 Å². The van der Waals surface area contributed by atoms with Gasteiger partial charge in [0.25, 0.3) is 5.91 Å². The van der Waals surface area contributed by atoms with Crippen LogP contribution in [0.25, 0.3) is 6.08 Å². The Bertz CT molecular complexity index is 1030. The number of amides is 2. The molecule has 2 heterocycles. The lowest BCUT2D eigenvalue weighted by atomic mass is 10.2. The summed E-state index contributed by atoms with van der Waals surface area (Å²) in [6.45, 7) is 3.28. The summed E-state index contributed by atoms with van der Waals surface area (Å²) < 4.78 is 5.73. The predicted octanol–water partition coefficient (Wildman–Crippen LogP) is 3.64. The zero-order valence-electron chi connectivity index (χ0n) is 17.9. The first-order valence-corrected chi connectivity index (χ1v) is 11.7. The highest BCUT2D eigenvalue weighted by Gasteiger charge is 2.32. The second kappa shape index (κ2) is 10.2. The minimum absolute atomic E-state index is 0.0588. The quantitative estimate of drug-likeness (QED) is 0.478. The Kier molecular flexibility index (Phi) is 7.12. The molecule has 2 amide bonds. The largest absolute Gasteiger partial charge is 0.497 e. The molecule has 2 aromatic carbocycles. The highest BCUT2D eigenvalue weighted by molar-refractivity contribution is 8.26. The molecule has 0 unspecified atom stereocenters. The van der Waals surface area contributed by atoms with Crippen molar-refractivity contribution in [2.24, 2.45) is 0 Å². The summed E-state index contributed by atoms with van der Waals surface area (Å²) >= 11 is 6.68. The van der Waals surface area contributed by atoms with Gasteiger partial charge >= 0.3 is 0 Å². The molecule has 32 heavy (non-hydrogen) atoms. The van der Waals surface area contributed by atoms with Crippen LogP contribution in [0.5, 0.6) is 5.75 Å². The second-order valence-corrected chi connectivity index (χ2v) is 9.24. The van der Waals surface area contributed by atoms with Gasteiger partial charge in [-0.15, -0.1) is 0 Å². The predicted molar refractivity (Wildman–Crippen MR) is 133 cm³/mol. The van der Waals surface area contributed by atoms with Crippen molar-refractivity contribution in [3.8, 4) is 5.75 Å². The number of ether oxygens (including phenoxy) is 1. The summed E-state index contributed by atoms with van der Waals surface area (Å²) in [5.74, 6) is 0.639. The van der Waals surface area contributed by atoms with Crippen molar-refractivity contribution in [3.05, 3.63) is 65.1 Å². The number of thiocarbonyl (C=S) groups is 1. The number of hydrogen-bond acceptors (Lipinski definition) is 6. The number of thioether (sulfide) groups is 1. The standard InChI is InChI=1S/C24H25N3O3S2/c1-30-20-9-5-6-18(16-20)17-21-23(29)27(24(31)32-21)11-10-22(28)26-14-12-25(13-15-26)19-7-3-2-4-8-19/h2-9,16-17H,10-15H2,1H3/b21-17+. The third kappa shape index (κ3) is 5.14. The van der Waals surface area contributed by atoms with Crippen molar-refractivity contribution < 1.29 is 14.3 Å². The molecule has 0 aliphatic carbocycles. The fourth-order valence-electron chi connectivity index (χ4n) is 3.79. The fraction of sp³-hybridized carbons (Fsp3) is 0.292. The van der Waals surface area contributed by atoms with E-state index < -0.39 is 0 Å². The van der Waals surface area contributed by atoms with E-state index >= 15 is 0 Å². The molecule has 2 saturated heterocycles. The highest BCUT2D eigenvalue weighted by atomic mass is 32.2. The van der Waals surface area contributed by atoms with Crippen LogP contribution in [0.3, 0.4) is 0 Å². The van der Waals surface area contributed by atoms with Crippen molar-refractivity contribution >= 4 is 51.9 Å². The number of nitrogens with zero attached hydrogens (tertiary/aromatic N) is 3. The second-order valence-electron chi connectivity index (χ2n) is 7.56. The minimum Gasteiger partial charge on any atom is -0.497 e. The molecule has 2 aliphatic heterocycles. The van der Waals surface area contributed by atoms with E-state index in [-0.39, 0.29) is 18.2 Å². The maximum Gasteiger partial charge on any atom is 0.266 e. The lowest BCUT2D eigenvalue weighted by Crippen LogP contribution is -2.49. The van der Waals surface area contributed by atoms with Crippen molar-refractivity contribution in [2.45, 2.75) is 6.42 Å². The molecule has 0 bridgehead atoms. The van der Waals surface area contributed by atoms with Crippen LogP contribution in [0, 0.1) is 0 Å². The third-order valence-corrected chi connectivity index (χ3v) is 6.95. The normalized spacial score (nSPS) is 17.9. The van der Waals surface area contributed by atoms with Crippen LogP contribution in [-0.4, -0.2) is 65.8 Å². The topological polar surface area (TPSA) is 53.1 Å². The maximum absolute atomic E-state index is 12.8. The molecule has 0 atom stereocenters. The number of piperazine rings is 1. The molecule has 2 fully saturated rings. The molecule has 0 radical (unpaired) electrons. The summed E-state index contributed by atoms with van der Waals surface area (Å²) in [5.41, 5.74) is 2.05. The summed E-state index contributed by atoms with van der Waals surface area (Å²) in [6.07, 6.45) is 2.08. The van der Waals surface area contributed by atoms with Gasteiger partial charge in [-0.2, -0.15) is 0 Å². The van der Waals surface area contributed by atoms with Gasteiger partial charge in [-0.1, -0.05) is 54.3 Å². The zero-order chi connectivity index (χ0) is 22.5. The number of hydrogen-bond donors (Lipinski definition) is 0. The van der Waals surface area contributed by atoms with Gasteiger partial charge in [-0.05, 0) is 35.9 Å². The Balaban J connectivity index is 1.31. The van der Waals surface area contributed by atoms with E-state index in [0.717, 1.165) is 24.4 Å². The smallest absolute Gasteiger partial charge is 0.266 e. The summed E-state index contributed by atoms with van der Waals surface area (Å²) in [5, 5.41) is 0. The van der Waals surface area contributed by atoms with Crippen LogP contribution in [0.2, 0.25) is 0 Å². The molecule has 0 saturated carbocycles. The molecule has 0 spiro atoms. The first kappa shape index (κ1) is 22.4. The van der Waals surface area contributed by atoms with Gasteiger partial charge in [0, 0.05) is 44.8 Å². The van der Waals surface area contributed by atoms with E-state index in [2.05, 4.69) is 17.0 Å². The van der Waals surface area contributed by atoms with Crippen LogP contribution >= 0.6 is 24.0 Å². The number of methoxy groups -OCH3 is 1. The number of carbonyl (C=O) groups is 2. The van der Waals surface area contributed by atoms with E-state index in [1.54, 1.807) is 7.11 Å². The highest BCUT2D eigenvalue weighted by Crippen LogP contribution is 2.33. The first-order valence-electron chi connectivity index (χ1n) is 10.5. The van der Waals surface area contributed by atoms with Crippen LogP contribution in [0.1, 0.15) is 12.0 Å². The SMILES string of the molecule is COc1cccc(/C=C2/SC(=S)N(CCC(=O)N3CCN(c4ccccc4)CC3)C2=O)c1. The van der Waals surface area contributed by atoms with Crippen LogP contribution in [-0.2, 0) is 9.59 Å². The number of benzene rings is 2. The van der Waals surface area contributed by atoms with Gasteiger partial charge in [-0.25, -0.2) is 0 Å². The summed E-state index contributed by atoms with van der Waals surface area (Å²) in [4.78, 5) is 31.9. The Morgan fingerprint density at radius 1 is 1.09 bits per heavy atom. The van der Waals surface area contributed by atoms with Gasteiger partial charge in [0.2, 0.25) is 5.91 Å². The molecule has 2 aromatic rings. The molecule has 4 rings (SSSR count). The van der Waals surface area contributed by atoms with Gasteiger partial charge in [0.15, 0.2) is 0 Å². The molecule has 8 heteroatoms. The molecule has 0 aromatic heterocycles. The Morgan fingerprint density at radius 3 is 2.56 bits per heavy atom. The number of carbonyl (C=O) groups excluding carboxylic acids is 2. The van der Waals surface area contributed by atoms with Gasteiger partial charge in [0.1, 0.15) is 10.1 Å². The lowest BCUT2D eigenvalue weighted by molar-refractivity contribution is -0.132. The number of rotatable bonds is 6. The van der Waals surface area contributed by atoms with Crippen molar-refractivity contribution in [2.75, 3.05) is 44.7 Å². The van der Waals surface area contributed by atoms with Crippen LogP contribution in [0.15, 0.2) is 59.5 Å². The Hall–Kier alpha value is -2.84. The van der Waals surface area contributed by atoms with E-state index in [9.17, 15) is 9.59 Å². The zero-order valence-corrected chi connectivity index (χ0v) is 19.5. The lowest BCUT2D eigenvalue weighted by Gasteiger charge is -2.36. The molecule has 0 N–H and O–H groups in total. The molecular weight excluding hydrogens is 442 g/mol. The monoisotopic (exact) mass is 467 g/mol. The van der Waals surface area contributed by atoms with E-state index in [1.165, 1.54) is 22.3 Å². The van der Waals surface area contributed by atoms with E-state index in [1.807, 2.05) is 53.4 Å². The summed E-state index contributed by atoms with van der Waals surface area (Å²) in [6, 6.07) is 17.7. The third-order valence-electron chi connectivity index (χ3n) is 5.57.